The van der Waals surface area contributed by atoms with Crippen LogP contribution in [-0.4, -0.2) is 64.5 Å². The van der Waals surface area contributed by atoms with Gasteiger partial charge in [0.15, 0.2) is 0 Å². The molecule has 3 aromatic carbocycles. The fourth-order valence-electron chi connectivity index (χ4n) is 6.23. The Morgan fingerprint density at radius 3 is 2.16 bits per heavy atom. The summed E-state index contributed by atoms with van der Waals surface area (Å²) in [6.07, 6.45) is 1.98. The number of carbonyl (C=O) groups is 2. The lowest BCUT2D eigenvalue weighted by molar-refractivity contribution is 0.0858. The van der Waals surface area contributed by atoms with Crippen molar-refractivity contribution >= 4 is 34.7 Å². The number of para-hydroxylation sites is 3. The highest BCUT2D eigenvalue weighted by Crippen LogP contribution is 2.34. The van der Waals surface area contributed by atoms with Gasteiger partial charge in [0, 0.05) is 56.4 Å². The van der Waals surface area contributed by atoms with E-state index in [0.717, 1.165) is 79.6 Å². The monoisotopic (exact) mass is 613 g/mol. The van der Waals surface area contributed by atoms with Gasteiger partial charge < -0.3 is 35.2 Å². The molecule has 1 unspecified atom stereocenters. The Morgan fingerprint density at radius 2 is 1.53 bits per heavy atom. The predicted molar refractivity (Wildman–Crippen MR) is 182 cm³/mol. The number of methoxy groups -OCH3 is 1. The van der Waals surface area contributed by atoms with E-state index in [2.05, 4.69) is 71.6 Å². The Morgan fingerprint density at radius 1 is 0.867 bits per heavy atom. The third-order valence-corrected chi connectivity index (χ3v) is 8.67. The Labute approximate surface area is 267 Å². The van der Waals surface area contributed by atoms with Crippen LogP contribution in [0.5, 0.6) is 5.75 Å². The van der Waals surface area contributed by atoms with Crippen LogP contribution in [0.15, 0.2) is 60.7 Å². The third kappa shape index (κ3) is 7.71. The molecule has 2 saturated heterocycles. The van der Waals surface area contributed by atoms with Gasteiger partial charge in [0.05, 0.1) is 24.5 Å². The number of amides is 3. The molecule has 2 fully saturated rings. The maximum absolute atomic E-state index is 13.7. The summed E-state index contributed by atoms with van der Waals surface area (Å²) in [6.45, 7) is 12.7. The average Bonchev–Trinajstić information content (AvgIpc) is 3.57. The van der Waals surface area contributed by atoms with E-state index >= 15 is 0 Å². The van der Waals surface area contributed by atoms with E-state index in [9.17, 15) is 9.59 Å². The fourth-order valence-corrected chi connectivity index (χ4v) is 6.23. The zero-order valence-corrected chi connectivity index (χ0v) is 27.2. The molecule has 0 bridgehead atoms. The van der Waals surface area contributed by atoms with Gasteiger partial charge in [-0.25, -0.2) is 4.79 Å². The standard InChI is InChI=1S/C36H47N5O4/c1-24(2)28-11-8-12-29(25(3)4)34(28)39-36(43)38-26-15-16-31(30(22-26)35(42)37-23-27-10-9-21-45-27)40-17-19-41(20-18-40)32-13-6-7-14-33(32)44-5/h6-8,11-16,22,24-25,27H,9-10,17-21,23H2,1-5H3,(H,37,42)(H2,38,39,43). The second kappa shape index (κ2) is 14.7. The summed E-state index contributed by atoms with van der Waals surface area (Å²) >= 11 is 0. The fraction of sp³-hybridized carbons (Fsp3) is 0.444. The van der Waals surface area contributed by atoms with Crippen LogP contribution in [0.4, 0.5) is 27.5 Å². The molecule has 240 valence electrons. The molecule has 0 aliphatic carbocycles. The number of urea groups is 1. The normalized spacial score (nSPS) is 16.6. The number of benzene rings is 3. The van der Waals surface area contributed by atoms with Gasteiger partial charge in [-0.15, -0.1) is 0 Å². The number of piperazine rings is 1. The van der Waals surface area contributed by atoms with Crippen LogP contribution in [0, 0.1) is 0 Å². The van der Waals surface area contributed by atoms with Gasteiger partial charge in [-0.05, 0) is 66.1 Å². The molecule has 1 atom stereocenters. The van der Waals surface area contributed by atoms with Crippen LogP contribution in [0.2, 0.25) is 0 Å². The van der Waals surface area contributed by atoms with Crippen molar-refractivity contribution in [2.75, 3.05) is 66.9 Å². The average molecular weight is 614 g/mol. The minimum atomic E-state index is -0.339. The summed E-state index contributed by atoms with van der Waals surface area (Å²) in [5.74, 6) is 1.18. The van der Waals surface area contributed by atoms with Gasteiger partial charge in [-0.2, -0.15) is 0 Å². The number of ether oxygens (including phenoxy) is 2. The minimum Gasteiger partial charge on any atom is -0.495 e. The first-order valence-corrected chi connectivity index (χ1v) is 16.1. The lowest BCUT2D eigenvalue weighted by Gasteiger charge is -2.38. The second-order valence-corrected chi connectivity index (χ2v) is 12.4. The summed E-state index contributed by atoms with van der Waals surface area (Å²) in [6, 6.07) is 19.5. The van der Waals surface area contributed by atoms with Crippen molar-refractivity contribution in [3.63, 3.8) is 0 Å². The van der Waals surface area contributed by atoms with Crippen LogP contribution in [0.3, 0.4) is 0 Å². The van der Waals surface area contributed by atoms with Crippen molar-refractivity contribution in [2.45, 2.75) is 58.5 Å². The summed E-state index contributed by atoms with van der Waals surface area (Å²) in [4.78, 5) is 31.6. The van der Waals surface area contributed by atoms with Crippen molar-refractivity contribution in [2.24, 2.45) is 0 Å². The largest absolute Gasteiger partial charge is 0.495 e. The predicted octanol–water partition coefficient (Wildman–Crippen LogP) is 6.82. The molecule has 0 radical (unpaired) electrons. The number of nitrogens with one attached hydrogen (secondary N) is 3. The Balaban J connectivity index is 1.35. The SMILES string of the molecule is COc1ccccc1N1CCN(c2ccc(NC(=O)Nc3c(C(C)C)cccc3C(C)C)cc2C(=O)NCC2CCCO2)CC1. The Hall–Kier alpha value is -4.24. The zero-order valence-electron chi connectivity index (χ0n) is 27.2. The number of hydrogen-bond donors (Lipinski definition) is 3. The van der Waals surface area contributed by atoms with Crippen molar-refractivity contribution in [1.82, 2.24) is 5.32 Å². The van der Waals surface area contributed by atoms with Crippen molar-refractivity contribution in [3.8, 4) is 5.75 Å². The number of nitrogens with zero attached hydrogens (tertiary/aromatic N) is 2. The Kier molecular flexibility index (Phi) is 10.5. The van der Waals surface area contributed by atoms with Crippen molar-refractivity contribution in [3.05, 3.63) is 77.4 Å². The highest BCUT2D eigenvalue weighted by atomic mass is 16.5. The lowest BCUT2D eigenvalue weighted by atomic mass is 9.93. The number of rotatable bonds is 10. The first-order chi connectivity index (χ1) is 21.7. The molecular formula is C36H47N5O4. The zero-order chi connectivity index (χ0) is 31.9. The van der Waals surface area contributed by atoms with Crippen LogP contribution < -0.4 is 30.5 Å². The van der Waals surface area contributed by atoms with Gasteiger partial charge in [0.25, 0.3) is 5.91 Å². The Bertz CT molecular complexity index is 1450. The molecule has 2 heterocycles. The highest BCUT2D eigenvalue weighted by molar-refractivity contribution is 6.04. The molecule has 0 spiro atoms. The van der Waals surface area contributed by atoms with Crippen LogP contribution >= 0.6 is 0 Å². The topological polar surface area (TPSA) is 95.2 Å². The van der Waals surface area contributed by atoms with Gasteiger partial charge >= 0.3 is 6.03 Å². The van der Waals surface area contributed by atoms with E-state index in [1.165, 1.54) is 0 Å². The number of anilines is 4. The van der Waals surface area contributed by atoms with Gasteiger partial charge in [-0.1, -0.05) is 58.0 Å². The molecule has 0 aromatic heterocycles. The molecule has 0 saturated carbocycles. The summed E-state index contributed by atoms with van der Waals surface area (Å²) in [7, 11) is 1.69. The van der Waals surface area contributed by atoms with Crippen molar-refractivity contribution < 1.29 is 19.1 Å². The van der Waals surface area contributed by atoms with Gasteiger partial charge in [0.1, 0.15) is 5.75 Å². The molecule has 9 nitrogen and oxygen atoms in total. The molecule has 9 heteroatoms. The lowest BCUT2D eigenvalue weighted by Crippen LogP contribution is -2.47. The molecular weight excluding hydrogens is 566 g/mol. The van der Waals surface area contributed by atoms with E-state index in [4.69, 9.17) is 9.47 Å². The molecule has 5 rings (SSSR count). The molecule has 2 aliphatic rings. The quantitative estimate of drug-likeness (QED) is 0.232. The minimum absolute atomic E-state index is 0.0325. The van der Waals surface area contributed by atoms with E-state index in [0.29, 0.717) is 17.8 Å². The first kappa shape index (κ1) is 32.2. The highest BCUT2D eigenvalue weighted by Gasteiger charge is 2.25. The maximum Gasteiger partial charge on any atom is 0.323 e. The third-order valence-electron chi connectivity index (χ3n) is 8.67. The first-order valence-electron chi connectivity index (χ1n) is 16.1. The van der Waals surface area contributed by atoms with E-state index in [1.807, 2.05) is 36.4 Å². The van der Waals surface area contributed by atoms with Gasteiger partial charge in [-0.3, -0.25) is 4.79 Å². The molecule has 3 aromatic rings. The number of hydrogen-bond acceptors (Lipinski definition) is 6. The van der Waals surface area contributed by atoms with E-state index in [1.54, 1.807) is 13.2 Å². The van der Waals surface area contributed by atoms with Gasteiger partial charge in [0.2, 0.25) is 0 Å². The summed E-state index contributed by atoms with van der Waals surface area (Å²) in [5.41, 5.74) is 6.03. The second-order valence-electron chi connectivity index (χ2n) is 12.4. The maximum atomic E-state index is 13.7. The summed E-state index contributed by atoms with van der Waals surface area (Å²) < 4.78 is 11.3. The van der Waals surface area contributed by atoms with Crippen LogP contribution in [0.1, 0.15) is 73.9 Å². The van der Waals surface area contributed by atoms with E-state index < -0.39 is 0 Å². The van der Waals surface area contributed by atoms with Crippen LogP contribution in [-0.2, 0) is 4.74 Å². The van der Waals surface area contributed by atoms with E-state index in [-0.39, 0.29) is 29.9 Å². The number of carbonyl (C=O) groups excluding carboxylic acids is 2. The van der Waals surface area contributed by atoms with Crippen LogP contribution in [0.25, 0.3) is 0 Å². The molecule has 3 amide bonds. The smallest absolute Gasteiger partial charge is 0.323 e. The molecule has 3 N–H and O–H groups in total. The molecule has 45 heavy (non-hydrogen) atoms. The van der Waals surface area contributed by atoms with Crippen molar-refractivity contribution in [1.29, 1.82) is 0 Å². The summed E-state index contributed by atoms with van der Waals surface area (Å²) in [5, 5.41) is 9.19. The molecule has 2 aliphatic heterocycles.